The van der Waals surface area contributed by atoms with Crippen molar-refractivity contribution in [2.45, 2.75) is 6.92 Å². The second-order valence-corrected chi connectivity index (χ2v) is 3.82. The molecule has 2 heteroatoms. The Morgan fingerprint density at radius 1 is 1.58 bits per heavy atom. The van der Waals surface area contributed by atoms with Crippen molar-refractivity contribution in [3.05, 3.63) is 40.4 Å². The molecule has 1 aromatic rings. The van der Waals surface area contributed by atoms with Gasteiger partial charge >= 0.3 is 0 Å². The molecule has 0 saturated heterocycles. The van der Waals surface area contributed by atoms with Crippen LogP contribution in [0.3, 0.4) is 0 Å². The minimum atomic E-state index is 0.482. The fourth-order valence-electron chi connectivity index (χ4n) is 0.890. The first-order valence-corrected chi connectivity index (χ1v) is 4.98. The molecule has 64 valence electrons. The van der Waals surface area contributed by atoms with Crippen LogP contribution < -0.4 is 0 Å². The Hall–Kier alpha value is -0.270. The molecular weight excluding hydrogens is 235 g/mol. The number of benzene rings is 1. The molecule has 0 fully saturated rings. The van der Waals surface area contributed by atoms with Gasteiger partial charge in [-0.25, -0.2) is 0 Å². The van der Waals surface area contributed by atoms with E-state index in [1.54, 1.807) is 0 Å². The van der Waals surface area contributed by atoms with Crippen molar-refractivity contribution in [3.8, 4) is 0 Å². The van der Waals surface area contributed by atoms with E-state index in [9.17, 15) is 0 Å². The first-order valence-electron chi connectivity index (χ1n) is 3.65. The number of hydrogen-bond acceptors (Lipinski definition) is 0. The summed E-state index contributed by atoms with van der Waals surface area (Å²) in [6, 6.07) is 6.13. The second-order valence-electron chi connectivity index (χ2n) is 2.70. The van der Waals surface area contributed by atoms with Gasteiger partial charge in [-0.3, -0.25) is 0 Å². The highest BCUT2D eigenvalue weighted by atomic mass is 79.9. The average molecular weight is 246 g/mol. The Morgan fingerprint density at radius 3 is 2.75 bits per heavy atom. The Bertz CT molecular complexity index is 305. The van der Waals surface area contributed by atoms with E-state index in [0.29, 0.717) is 5.88 Å². The third-order valence-corrected chi connectivity index (χ3v) is 2.92. The van der Waals surface area contributed by atoms with E-state index in [4.69, 9.17) is 11.6 Å². The van der Waals surface area contributed by atoms with Gasteiger partial charge in [0, 0.05) is 10.4 Å². The first-order chi connectivity index (χ1) is 5.65. The van der Waals surface area contributed by atoms with Crippen molar-refractivity contribution >= 4 is 33.1 Å². The molecule has 0 aliphatic rings. The molecule has 0 aliphatic heterocycles. The van der Waals surface area contributed by atoms with E-state index >= 15 is 0 Å². The highest BCUT2D eigenvalue weighted by Gasteiger charge is 1.99. The van der Waals surface area contributed by atoms with Crippen molar-refractivity contribution in [1.82, 2.24) is 0 Å². The minimum absolute atomic E-state index is 0.482. The quantitative estimate of drug-likeness (QED) is 0.691. The molecule has 0 bridgehead atoms. The zero-order valence-corrected chi connectivity index (χ0v) is 9.24. The molecule has 0 radical (unpaired) electrons. The molecule has 0 atom stereocenters. The van der Waals surface area contributed by atoms with Gasteiger partial charge in [0.05, 0.1) is 0 Å². The monoisotopic (exact) mass is 244 g/mol. The van der Waals surface area contributed by atoms with Crippen molar-refractivity contribution in [2.75, 3.05) is 5.88 Å². The smallest absolute Gasteiger partial charge is 0.0474 e. The van der Waals surface area contributed by atoms with Crippen LogP contribution in [0.15, 0.2) is 29.3 Å². The molecule has 0 saturated carbocycles. The average Bonchev–Trinajstić information content (AvgIpc) is 2.08. The number of halogens is 2. The van der Waals surface area contributed by atoms with Crippen molar-refractivity contribution in [1.29, 1.82) is 0 Å². The summed E-state index contributed by atoms with van der Waals surface area (Å²) in [6.07, 6.45) is 0. The van der Waals surface area contributed by atoms with Crippen LogP contribution in [0.2, 0.25) is 0 Å². The standard InChI is InChI=1S/C10H10BrCl/c1-7-3-4-9(5-10(7)11)8(2)6-12/h3-5H,2,6H2,1H3. The maximum atomic E-state index is 5.66. The zero-order valence-electron chi connectivity index (χ0n) is 6.90. The van der Waals surface area contributed by atoms with Crippen LogP contribution in [0.5, 0.6) is 0 Å². The van der Waals surface area contributed by atoms with Gasteiger partial charge in [0.25, 0.3) is 0 Å². The van der Waals surface area contributed by atoms with Gasteiger partial charge in [0.15, 0.2) is 0 Å². The molecule has 0 heterocycles. The minimum Gasteiger partial charge on any atom is -0.122 e. The maximum absolute atomic E-state index is 5.66. The van der Waals surface area contributed by atoms with Crippen LogP contribution in [0.1, 0.15) is 11.1 Å². The highest BCUT2D eigenvalue weighted by molar-refractivity contribution is 9.10. The molecule has 1 aromatic carbocycles. The summed E-state index contributed by atoms with van der Waals surface area (Å²) in [5.41, 5.74) is 3.28. The van der Waals surface area contributed by atoms with Gasteiger partial charge in [-0.15, -0.1) is 11.6 Å². The van der Waals surface area contributed by atoms with Crippen molar-refractivity contribution in [2.24, 2.45) is 0 Å². The number of hydrogen-bond donors (Lipinski definition) is 0. The van der Waals surface area contributed by atoms with Gasteiger partial charge < -0.3 is 0 Å². The second kappa shape index (κ2) is 4.11. The molecule has 0 aromatic heterocycles. The summed E-state index contributed by atoms with van der Waals surface area (Å²) in [5.74, 6) is 0.482. The van der Waals surface area contributed by atoms with E-state index in [1.165, 1.54) is 5.56 Å². The first kappa shape index (κ1) is 9.82. The Morgan fingerprint density at radius 2 is 2.25 bits per heavy atom. The third-order valence-electron chi connectivity index (χ3n) is 1.74. The van der Waals surface area contributed by atoms with Crippen LogP contribution in [-0.4, -0.2) is 5.88 Å². The summed E-state index contributed by atoms with van der Waals surface area (Å²) >= 11 is 9.12. The third kappa shape index (κ3) is 2.11. The molecule has 0 amide bonds. The molecule has 12 heavy (non-hydrogen) atoms. The summed E-state index contributed by atoms with van der Waals surface area (Å²) < 4.78 is 1.10. The summed E-state index contributed by atoms with van der Waals surface area (Å²) in [7, 11) is 0. The number of aryl methyl sites for hydroxylation is 1. The lowest BCUT2D eigenvalue weighted by molar-refractivity contribution is 1.41. The van der Waals surface area contributed by atoms with Gasteiger partial charge in [0.1, 0.15) is 0 Å². The van der Waals surface area contributed by atoms with E-state index in [-0.39, 0.29) is 0 Å². The molecule has 0 spiro atoms. The van der Waals surface area contributed by atoms with Crippen LogP contribution in [0, 0.1) is 6.92 Å². The SMILES string of the molecule is C=C(CCl)c1ccc(C)c(Br)c1. The van der Waals surface area contributed by atoms with Crippen molar-refractivity contribution in [3.63, 3.8) is 0 Å². The predicted octanol–water partition coefficient (Wildman–Crippen LogP) is 4.01. The lowest BCUT2D eigenvalue weighted by Gasteiger charge is -2.03. The number of allylic oxidation sites excluding steroid dienone is 1. The van der Waals surface area contributed by atoms with E-state index in [2.05, 4.69) is 35.5 Å². The largest absolute Gasteiger partial charge is 0.122 e. The predicted molar refractivity (Wildman–Crippen MR) is 58.6 cm³/mol. The Labute approximate surface area is 86.4 Å². The Kier molecular flexibility index (Phi) is 3.36. The molecule has 0 aliphatic carbocycles. The van der Waals surface area contributed by atoms with Gasteiger partial charge in [-0.05, 0) is 29.7 Å². The van der Waals surface area contributed by atoms with Gasteiger partial charge in [-0.2, -0.15) is 0 Å². The molecule has 0 N–H and O–H groups in total. The summed E-state index contributed by atoms with van der Waals surface area (Å²) in [4.78, 5) is 0. The summed E-state index contributed by atoms with van der Waals surface area (Å²) in [5, 5.41) is 0. The summed E-state index contributed by atoms with van der Waals surface area (Å²) in [6.45, 7) is 5.91. The fourth-order valence-corrected chi connectivity index (χ4v) is 1.42. The lowest BCUT2D eigenvalue weighted by atomic mass is 10.1. The van der Waals surface area contributed by atoms with Gasteiger partial charge in [0.2, 0.25) is 0 Å². The molecule has 0 nitrogen and oxygen atoms in total. The fraction of sp³-hybridized carbons (Fsp3) is 0.200. The Balaban J connectivity index is 3.05. The normalized spacial score (nSPS) is 9.92. The molecule has 0 unspecified atom stereocenters. The number of rotatable bonds is 2. The molecule has 1 rings (SSSR count). The molecular formula is C10H10BrCl. The van der Waals surface area contributed by atoms with Crippen LogP contribution >= 0.6 is 27.5 Å². The van der Waals surface area contributed by atoms with E-state index in [0.717, 1.165) is 15.6 Å². The highest BCUT2D eigenvalue weighted by Crippen LogP contribution is 2.22. The van der Waals surface area contributed by atoms with E-state index in [1.807, 2.05) is 12.1 Å². The zero-order chi connectivity index (χ0) is 9.14. The van der Waals surface area contributed by atoms with Gasteiger partial charge in [-0.1, -0.05) is 34.6 Å². The van der Waals surface area contributed by atoms with Crippen LogP contribution in [-0.2, 0) is 0 Å². The van der Waals surface area contributed by atoms with E-state index < -0.39 is 0 Å². The lowest BCUT2D eigenvalue weighted by Crippen LogP contribution is -1.85. The topological polar surface area (TPSA) is 0 Å². The van der Waals surface area contributed by atoms with Crippen LogP contribution in [0.25, 0.3) is 5.57 Å². The van der Waals surface area contributed by atoms with Crippen LogP contribution in [0.4, 0.5) is 0 Å². The maximum Gasteiger partial charge on any atom is 0.0474 e. The van der Waals surface area contributed by atoms with Crippen molar-refractivity contribution < 1.29 is 0 Å². The number of alkyl halides is 1.